The normalized spacial score (nSPS) is 14.8. The first-order valence-corrected chi connectivity index (χ1v) is 8.28. The van der Waals surface area contributed by atoms with Gasteiger partial charge >= 0.3 is 0 Å². The highest BCUT2D eigenvalue weighted by Crippen LogP contribution is 2.38. The standard InChI is InChI=1S/C13H12N4OS2/c1-2-10(19-5-1)12-14-9(6-18-12)7-20-13-15-11(16-17-13)8-3-4-8/h1-2,5-6,8H,3-4,7H2,(H,15,16,17). The second kappa shape index (κ2) is 5.06. The number of nitrogens with zero attached hydrogens (tertiary/aromatic N) is 3. The van der Waals surface area contributed by atoms with Crippen LogP contribution in [0.5, 0.6) is 0 Å². The number of H-pyrrole nitrogens is 1. The molecule has 3 heterocycles. The van der Waals surface area contributed by atoms with Crippen LogP contribution in [-0.2, 0) is 5.75 Å². The van der Waals surface area contributed by atoms with Gasteiger partial charge in [0.05, 0.1) is 10.6 Å². The average molecular weight is 304 g/mol. The van der Waals surface area contributed by atoms with Crippen molar-refractivity contribution >= 4 is 23.1 Å². The minimum atomic E-state index is 0.606. The van der Waals surface area contributed by atoms with Crippen LogP contribution in [0.1, 0.15) is 30.3 Å². The smallest absolute Gasteiger partial charge is 0.236 e. The lowest BCUT2D eigenvalue weighted by atomic mass is 10.4. The van der Waals surface area contributed by atoms with E-state index in [0.29, 0.717) is 11.8 Å². The van der Waals surface area contributed by atoms with Gasteiger partial charge in [-0.15, -0.1) is 16.4 Å². The average Bonchev–Trinajstić information content (AvgIpc) is 2.93. The van der Waals surface area contributed by atoms with E-state index in [0.717, 1.165) is 27.3 Å². The van der Waals surface area contributed by atoms with E-state index in [1.165, 1.54) is 12.8 Å². The van der Waals surface area contributed by atoms with Crippen molar-refractivity contribution in [3.8, 4) is 10.8 Å². The van der Waals surface area contributed by atoms with Crippen LogP contribution in [0.15, 0.2) is 33.3 Å². The first-order valence-electron chi connectivity index (χ1n) is 6.42. The van der Waals surface area contributed by atoms with Gasteiger partial charge in [-0.25, -0.2) is 9.97 Å². The van der Waals surface area contributed by atoms with Crippen LogP contribution in [-0.4, -0.2) is 20.2 Å². The molecule has 3 aromatic rings. The van der Waals surface area contributed by atoms with E-state index in [2.05, 4.69) is 20.2 Å². The maximum atomic E-state index is 5.49. The van der Waals surface area contributed by atoms with Gasteiger partial charge < -0.3 is 4.42 Å². The summed E-state index contributed by atoms with van der Waals surface area (Å²) in [5.74, 6) is 3.03. The summed E-state index contributed by atoms with van der Waals surface area (Å²) < 4.78 is 5.49. The molecular formula is C13H12N4OS2. The second-order valence-corrected chi connectivity index (χ2v) is 6.58. The summed E-state index contributed by atoms with van der Waals surface area (Å²) in [7, 11) is 0. The summed E-state index contributed by atoms with van der Waals surface area (Å²) in [5.41, 5.74) is 0.913. The maximum Gasteiger partial charge on any atom is 0.236 e. The Bertz CT molecular complexity index is 700. The summed E-state index contributed by atoms with van der Waals surface area (Å²) in [6, 6.07) is 4.00. The third-order valence-electron chi connectivity index (χ3n) is 3.08. The quantitative estimate of drug-likeness (QED) is 0.728. The van der Waals surface area contributed by atoms with Crippen LogP contribution in [0.4, 0.5) is 0 Å². The summed E-state index contributed by atoms with van der Waals surface area (Å²) >= 11 is 3.20. The lowest BCUT2D eigenvalue weighted by molar-refractivity contribution is 0.575. The van der Waals surface area contributed by atoms with Crippen molar-refractivity contribution in [2.45, 2.75) is 29.7 Å². The Hall–Kier alpha value is -1.60. The summed E-state index contributed by atoms with van der Waals surface area (Å²) in [5, 5.41) is 10.0. The van der Waals surface area contributed by atoms with Crippen molar-refractivity contribution in [2.24, 2.45) is 0 Å². The lowest BCUT2D eigenvalue weighted by Crippen LogP contribution is -1.83. The number of nitrogens with one attached hydrogen (secondary N) is 1. The number of hydrogen-bond acceptors (Lipinski definition) is 6. The van der Waals surface area contributed by atoms with Crippen molar-refractivity contribution in [1.82, 2.24) is 20.2 Å². The number of rotatable bonds is 5. The van der Waals surface area contributed by atoms with Gasteiger partial charge in [0.25, 0.3) is 0 Å². The highest BCUT2D eigenvalue weighted by molar-refractivity contribution is 7.98. The topological polar surface area (TPSA) is 67.6 Å². The molecule has 5 nitrogen and oxygen atoms in total. The Morgan fingerprint density at radius 3 is 3.15 bits per heavy atom. The van der Waals surface area contributed by atoms with Crippen LogP contribution in [0, 0.1) is 0 Å². The van der Waals surface area contributed by atoms with Gasteiger partial charge in [0.15, 0.2) is 0 Å². The van der Waals surface area contributed by atoms with Crippen molar-refractivity contribution in [1.29, 1.82) is 0 Å². The molecule has 0 atom stereocenters. The third-order valence-corrected chi connectivity index (χ3v) is 4.82. The monoisotopic (exact) mass is 304 g/mol. The Morgan fingerprint density at radius 1 is 1.40 bits per heavy atom. The molecule has 0 aromatic carbocycles. The first kappa shape index (κ1) is 12.2. The molecule has 3 aromatic heterocycles. The summed E-state index contributed by atoms with van der Waals surface area (Å²) in [4.78, 5) is 10.0. The van der Waals surface area contributed by atoms with E-state index in [4.69, 9.17) is 4.42 Å². The zero-order chi connectivity index (χ0) is 13.4. The lowest BCUT2D eigenvalue weighted by Gasteiger charge is -1.91. The fraction of sp³-hybridized carbons (Fsp3) is 0.308. The van der Waals surface area contributed by atoms with Gasteiger partial charge in [0.2, 0.25) is 11.0 Å². The van der Waals surface area contributed by atoms with Gasteiger partial charge in [-0.2, -0.15) is 0 Å². The molecule has 20 heavy (non-hydrogen) atoms. The molecule has 1 aliphatic rings. The highest BCUT2D eigenvalue weighted by atomic mass is 32.2. The van der Waals surface area contributed by atoms with Crippen molar-refractivity contribution in [3.63, 3.8) is 0 Å². The zero-order valence-electron chi connectivity index (χ0n) is 10.6. The molecule has 0 saturated heterocycles. The maximum absolute atomic E-state index is 5.49. The second-order valence-electron chi connectivity index (χ2n) is 4.69. The van der Waals surface area contributed by atoms with Gasteiger partial charge in [-0.05, 0) is 24.3 Å². The van der Waals surface area contributed by atoms with Gasteiger partial charge in [0, 0.05) is 11.7 Å². The molecule has 102 valence electrons. The number of aromatic nitrogens is 4. The largest absolute Gasteiger partial charge is 0.444 e. The van der Waals surface area contributed by atoms with E-state index < -0.39 is 0 Å². The van der Waals surface area contributed by atoms with E-state index in [9.17, 15) is 0 Å². The minimum Gasteiger partial charge on any atom is -0.444 e. The molecule has 0 amide bonds. The van der Waals surface area contributed by atoms with Crippen LogP contribution >= 0.6 is 23.1 Å². The fourth-order valence-corrected chi connectivity index (χ4v) is 3.23. The molecule has 1 N–H and O–H groups in total. The molecular weight excluding hydrogens is 292 g/mol. The van der Waals surface area contributed by atoms with Gasteiger partial charge in [-0.1, -0.05) is 17.8 Å². The Morgan fingerprint density at radius 2 is 2.35 bits per heavy atom. The summed E-state index contributed by atoms with van der Waals surface area (Å²) in [6.07, 6.45) is 4.16. The molecule has 1 fully saturated rings. The number of aromatic amines is 1. The van der Waals surface area contributed by atoms with E-state index in [1.807, 2.05) is 17.5 Å². The first-order chi connectivity index (χ1) is 9.88. The molecule has 0 aliphatic heterocycles. The Kier molecular flexibility index (Phi) is 3.08. The van der Waals surface area contributed by atoms with E-state index in [1.54, 1.807) is 29.4 Å². The third kappa shape index (κ3) is 2.51. The van der Waals surface area contributed by atoms with Crippen molar-refractivity contribution in [3.05, 3.63) is 35.3 Å². The van der Waals surface area contributed by atoms with Crippen LogP contribution in [0.25, 0.3) is 10.8 Å². The molecule has 1 saturated carbocycles. The summed E-state index contributed by atoms with van der Waals surface area (Å²) in [6.45, 7) is 0. The SMILES string of the molecule is c1csc(-c2nc(CSc3n[nH]c(C4CC4)n3)co2)c1. The molecule has 1 aliphatic carbocycles. The molecule has 0 bridgehead atoms. The highest BCUT2D eigenvalue weighted by Gasteiger charge is 2.27. The minimum absolute atomic E-state index is 0.606. The number of oxazole rings is 1. The number of thiophene rings is 1. The van der Waals surface area contributed by atoms with Crippen molar-refractivity contribution in [2.75, 3.05) is 0 Å². The van der Waals surface area contributed by atoms with Crippen LogP contribution in [0.3, 0.4) is 0 Å². The van der Waals surface area contributed by atoms with E-state index >= 15 is 0 Å². The van der Waals surface area contributed by atoms with Crippen LogP contribution in [0.2, 0.25) is 0 Å². The van der Waals surface area contributed by atoms with Crippen LogP contribution < -0.4 is 0 Å². The predicted molar refractivity (Wildman–Crippen MR) is 77.7 cm³/mol. The van der Waals surface area contributed by atoms with Gasteiger partial charge in [-0.3, -0.25) is 5.10 Å². The number of hydrogen-bond donors (Lipinski definition) is 1. The van der Waals surface area contributed by atoms with E-state index in [-0.39, 0.29) is 0 Å². The molecule has 0 unspecified atom stereocenters. The van der Waals surface area contributed by atoms with Crippen molar-refractivity contribution < 1.29 is 4.42 Å². The Balaban J connectivity index is 1.41. The molecule has 7 heteroatoms. The Labute approximate surface area is 123 Å². The zero-order valence-corrected chi connectivity index (χ0v) is 12.2. The molecule has 4 rings (SSSR count). The predicted octanol–water partition coefficient (Wildman–Crippen LogP) is 3.69. The number of thioether (sulfide) groups is 1. The molecule has 0 radical (unpaired) electrons. The van der Waals surface area contributed by atoms with Gasteiger partial charge in [0.1, 0.15) is 12.1 Å². The fourth-order valence-electron chi connectivity index (χ4n) is 1.89. The molecule has 0 spiro atoms.